The van der Waals surface area contributed by atoms with Gasteiger partial charge < -0.3 is 5.32 Å². The van der Waals surface area contributed by atoms with Gasteiger partial charge in [0.15, 0.2) is 0 Å². The number of benzene rings is 2. The topological polar surface area (TPSA) is 29.1 Å². The predicted octanol–water partition coefficient (Wildman–Crippen LogP) is 3.74. The van der Waals surface area contributed by atoms with E-state index >= 15 is 0 Å². The molecule has 0 spiro atoms. The van der Waals surface area contributed by atoms with Crippen molar-refractivity contribution in [2.75, 3.05) is 0 Å². The molecule has 2 rings (SSSR count). The minimum atomic E-state index is -0.475. The highest BCUT2D eigenvalue weighted by molar-refractivity contribution is 7.80. The van der Waals surface area contributed by atoms with Crippen molar-refractivity contribution in [1.29, 1.82) is 0 Å². The molecule has 0 fully saturated rings. The van der Waals surface area contributed by atoms with Crippen LogP contribution >= 0.6 is 12.6 Å². The molecule has 1 amide bonds. The summed E-state index contributed by atoms with van der Waals surface area (Å²) in [5.41, 5.74) is 1.11. The van der Waals surface area contributed by atoms with Crippen LogP contribution in [0, 0.1) is 11.6 Å². The third-order valence-corrected chi connectivity index (χ3v) is 3.27. The van der Waals surface area contributed by atoms with E-state index in [9.17, 15) is 13.6 Å². The van der Waals surface area contributed by atoms with E-state index in [4.69, 9.17) is 0 Å². The van der Waals surface area contributed by atoms with Crippen LogP contribution in [0.15, 0.2) is 47.4 Å². The van der Waals surface area contributed by atoms with Crippen LogP contribution in [0.3, 0.4) is 0 Å². The number of hydrogen-bond acceptors (Lipinski definition) is 2. The zero-order chi connectivity index (χ0) is 14.7. The Morgan fingerprint density at radius 3 is 2.40 bits per heavy atom. The highest BCUT2D eigenvalue weighted by Crippen LogP contribution is 2.17. The maximum Gasteiger partial charge on any atom is 0.251 e. The average Bonchev–Trinajstić information content (AvgIpc) is 2.42. The minimum absolute atomic E-state index is 0.118. The number of thiol groups is 1. The van der Waals surface area contributed by atoms with Crippen molar-refractivity contribution < 1.29 is 13.6 Å². The van der Waals surface area contributed by atoms with Crippen molar-refractivity contribution in [1.82, 2.24) is 5.32 Å². The summed E-state index contributed by atoms with van der Waals surface area (Å²) in [5.74, 6) is -1.14. The van der Waals surface area contributed by atoms with Crippen molar-refractivity contribution in [2.45, 2.75) is 17.9 Å². The van der Waals surface area contributed by atoms with Crippen molar-refractivity contribution in [3.63, 3.8) is 0 Å². The summed E-state index contributed by atoms with van der Waals surface area (Å²) in [5, 5.41) is 2.76. The maximum absolute atomic E-state index is 13.1. The molecule has 2 aromatic rings. The number of amides is 1. The summed E-state index contributed by atoms with van der Waals surface area (Å²) in [7, 11) is 0. The van der Waals surface area contributed by atoms with Crippen LogP contribution in [0.5, 0.6) is 0 Å². The summed E-state index contributed by atoms with van der Waals surface area (Å²) in [4.78, 5) is 12.1. The number of halogens is 2. The lowest BCUT2D eigenvalue weighted by Gasteiger charge is -2.14. The van der Waals surface area contributed by atoms with Crippen molar-refractivity contribution in [2.24, 2.45) is 0 Å². The largest absolute Gasteiger partial charge is 0.346 e. The van der Waals surface area contributed by atoms with Crippen molar-refractivity contribution in [3.8, 4) is 0 Å². The summed E-state index contributed by atoms with van der Waals surface area (Å²) in [6.45, 7) is 1.79. The van der Waals surface area contributed by atoms with Crippen LogP contribution in [0.4, 0.5) is 8.78 Å². The van der Waals surface area contributed by atoms with E-state index in [2.05, 4.69) is 17.9 Å². The van der Waals surface area contributed by atoms with Gasteiger partial charge in [0, 0.05) is 10.5 Å². The molecule has 1 N–H and O–H groups in total. The second kappa shape index (κ2) is 6.05. The molecule has 0 aromatic heterocycles. The van der Waals surface area contributed by atoms with Gasteiger partial charge in [-0.05, 0) is 42.8 Å². The molecule has 0 heterocycles. The highest BCUT2D eigenvalue weighted by atomic mass is 32.1. The van der Waals surface area contributed by atoms with Crippen LogP contribution in [0.1, 0.15) is 28.9 Å². The van der Waals surface area contributed by atoms with Gasteiger partial charge in [0.1, 0.15) is 11.6 Å². The first-order valence-electron chi connectivity index (χ1n) is 6.02. The Morgan fingerprint density at radius 2 is 1.80 bits per heavy atom. The van der Waals surface area contributed by atoms with Crippen molar-refractivity contribution >= 4 is 18.5 Å². The van der Waals surface area contributed by atoms with Gasteiger partial charge in [-0.1, -0.05) is 12.1 Å². The molecule has 1 atom stereocenters. The molecule has 0 bridgehead atoms. The Labute approximate surface area is 121 Å². The number of carbonyl (C=O) groups excluding carboxylic acids is 1. The quantitative estimate of drug-likeness (QED) is 0.829. The fraction of sp³-hybridized carbons (Fsp3) is 0.133. The fourth-order valence-corrected chi connectivity index (χ4v) is 1.98. The second-order valence-electron chi connectivity index (χ2n) is 4.41. The summed E-state index contributed by atoms with van der Waals surface area (Å²) in [6.07, 6.45) is 0. The number of carbonyl (C=O) groups is 1. The molecule has 0 radical (unpaired) electrons. The van der Waals surface area contributed by atoms with Gasteiger partial charge in [0.05, 0.1) is 6.04 Å². The lowest BCUT2D eigenvalue weighted by molar-refractivity contribution is 0.0939. The van der Waals surface area contributed by atoms with E-state index in [1.54, 1.807) is 19.1 Å². The monoisotopic (exact) mass is 293 g/mol. The molecular formula is C15H13F2NOS. The molecule has 20 heavy (non-hydrogen) atoms. The van der Waals surface area contributed by atoms with E-state index in [0.29, 0.717) is 5.56 Å². The molecule has 5 heteroatoms. The molecule has 104 valence electrons. The van der Waals surface area contributed by atoms with E-state index in [1.165, 1.54) is 30.3 Å². The Morgan fingerprint density at radius 1 is 1.15 bits per heavy atom. The third kappa shape index (κ3) is 3.36. The molecular weight excluding hydrogens is 280 g/mol. The molecule has 2 aromatic carbocycles. The Hall–Kier alpha value is -1.88. The smallest absolute Gasteiger partial charge is 0.251 e. The van der Waals surface area contributed by atoms with Crippen LogP contribution < -0.4 is 5.32 Å². The van der Waals surface area contributed by atoms with Crippen LogP contribution in [0.2, 0.25) is 0 Å². The van der Waals surface area contributed by atoms with Crippen molar-refractivity contribution in [3.05, 3.63) is 65.2 Å². The van der Waals surface area contributed by atoms with E-state index in [0.717, 1.165) is 5.56 Å². The van der Waals surface area contributed by atoms with Crippen LogP contribution in [-0.4, -0.2) is 5.91 Å². The van der Waals surface area contributed by atoms with E-state index in [-0.39, 0.29) is 22.7 Å². The molecule has 2 nitrogen and oxygen atoms in total. The maximum atomic E-state index is 13.1. The first-order valence-corrected chi connectivity index (χ1v) is 6.47. The summed E-state index contributed by atoms with van der Waals surface area (Å²) >= 11 is 3.94. The normalized spacial score (nSPS) is 12.0. The van der Waals surface area contributed by atoms with Crippen LogP contribution in [-0.2, 0) is 0 Å². The predicted molar refractivity (Wildman–Crippen MR) is 75.9 cm³/mol. The number of nitrogens with one attached hydrogen (secondary N) is 1. The standard InChI is InChI=1S/C15H13F2NOS/c1-9(10-2-5-12(16)6-3-10)18-15(19)11-4-7-13(17)14(20)8-11/h2-9,20H,1H3,(H,18,19). The molecule has 1 unspecified atom stereocenters. The highest BCUT2D eigenvalue weighted by Gasteiger charge is 2.12. The first kappa shape index (κ1) is 14.5. The van der Waals surface area contributed by atoms with Gasteiger partial charge in [-0.25, -0.2) is 8.78 Å². The zero-order valence-electron chi connectivity index (χ0n) is 10.7. The van der Waals surface area contributed by atoms with Gasteiger partial charge in [-0.3, -0.25) is 4.79 Å². The first-order chi connectivity index (χ1) is 9.47. The minimum Gasteiger partial charge on any atom is -0.346 e. The zero-order valence-corrected chi connectivity index (χ0v) is 11.6. The Kier molecular flexibility index (Phi) is 4.39. The second-order valence-corrected chi connectivity index (χ2v) is 4.89. The Bertz CT molecular complexity index is 628. The van der Waals surface area contributed by atoms with Gasteiger partial charge >= 0.3 is 0 Å². The molecule has 0 aliphatic carbocycles. The lowest BCUT2D eigenvalue weighted by atomic mass is 10.1. The Balaban J connectivity index is 2.10. The van der Waals surface area contributed by atoms with E-state index < -0.39 is 5.82 Å². The fourth-order valence-electron chi connectivity index (χ4n) is 1.77. The van der Waals surface area contributed by atoms with Crippen LogP contribution in [0.25, 0.3) is 0 Å². The summed E-state index contributed by atoms with van der Waals surface area (Å²) in [6, 6.07) is 9.55. The molecule has 0 aliphatic heterocycles. The van der Waals surface area contributed by atoms with Gasteiger partial charge in [-0.15, -0.1) is 12.6 Å². The van der Waals surface area contributed by atoms with Gasteiger partial charge in [0.2, 0.25) is 0 Å². The van der Waals surface area contributed by atoms with Gasteiger partial charge in [0.25, 0.3) is 5.91 Å². The molecule has 0 saturated heterocycles. The third-order valence-electron chi connectivity index (χ3n) is 2.93. The molecule has 0 saturated carbocycles. The van der Waals surface area contributed by atoms with E-state index in [1.807, 2.05) is 0 Å². The number of hydrogen-bond donors (Lipinski definition) is 2. The summed E-state index contributed by atoms with van der Waals surface area (Å²) < 4.78 is 25.9. The number of rotatable bonds is 3. The van der Waals surface area contributed by atoms with Gasteiger partial charge in [-0.2, -0.15) is 0 Å². The average molecular weight is 293 g/mol. The SMILES string of the molecule is CC(NC(=O)c1ccc(F)c(S)c1)c1ccc(F)cc1. The lowest BCUT2D eigenvalue weighted by Crippen LogP contribution is -2.26. The molecule has 0 aliphatic rings.